The third-order valence-corrected chi connectivity index (χ3v) is 4.61. The smallest absolute Gasteiger partial charge is 0.293 e. The Morgan fingerprint density at radius 2 is 1.92 bits per heavy atom. The van der Waals surface area contributed by atoms with Gasteiger partial charge in [0.1, 0.15) is 5.82 Å². The SMILES string of the molecule is Cc1nc2nc(N3CCNCC3)n(Cc3ccccc3)c2c(=O)n1C#N. The minimum atomic E-state index is -0.375. The van der Waals surface area contributed by atoms with Gasteiger partial charge in [-0.05, 0) is 12.5 Å². The lowest BCUT2D eigenvalue weighted by molar-refractivity contribution is 0.571. The molecule has 0 radical (unpaired) electrons. The molecule has 0 unspecified atom stereocenters. The fourth-order valence-electron chi connectivity index (χ4n) is 3.31. The minimum absolute atomic E-state index is 0.348. The van der Waals surface area contributed by atoms with E-state index in [1.807, 2.05) is 41.1 Å². The quantitative estimate of drug-likeness (QED) is 0.748. The van der Waals surface area contributed by atoms with Gasteiger partial charge in [0, 0.05) is 26.2 Å². The highest BCUT2D eigenvalue weighted by Crippen LogP contribution is 2.21. The number of nitrogens with zero attached hydrogens (tertiary/aromatic N) is 6. The Balaban J connectivity index is 1.94. The van der Waals surface area contributed by atoms with Gasteiger partial charge in [0.25, 0.3) is 5.56 Å². The molecule has 0 aliphatic carbocycles. The summed E-state index contributed by atoms with van der Waals surface area (Å²) in [7, 11) is 0. The van der Waals surface area contributed by atoms with Gasteiger partial charge in [-0.3, -0.25) is 9.36 Å². The van der Waals surface area contributed by atoms with Crippen LogP contribution in [0.1, 0.15) is 11.4 Å². The van der Waals surface area contributed by atoms with Gasteiger partial charge < -0.3 is 10.2 Å². The molecular formula is C18H19N7O. The molecule has 0 atom stereocenters. The summed E-state index contributed by atoms with van der Waals surface area (Å²) in [4.78, 5) is 24.1. The van der Waals surface area contributed by atoms with E-state index in [4.69, 9.17) is 0 Å². The largest absolute Gasteiger partial charge is 0.340 e. The van der Waals surface area contributed by atoms with Crippen molar-refractivity contribution in [2.45, 2.75) is 13.5 Å². The van der Waals surface area contributed by atoms with E-state index in [1.54, 1.807) is 6.92 Å². The number of hydrogen-bond acceptors (Lipinski definition) is 6. The molecule has 4 rings (SSSR count). The first-order valence-corrected chi connectivity index (χ1v) is 8.58. The lowest BCUT2D eigenvalue weighted by Crippen LogP contribution is -2.44. The summed E-state index contributed by atoms with van der Waals surface area (Å²) in [5, 5.41) is 12.6. The van der Waals surface area contributed by atoms with Crippen LogP contribution >= 0.6 is 0 Å². The second kappa shape index (κ2) is 6.61. The standard InChI is InChI=1S/C18H19N7O/c1-13-21-16-15(17(26)25(13)12-19)24(11-14-5-3-2-4-6-14)18(22-16)23-9-7-20-8-10-23/h2-6,20H,7-11H2,1H3. The molecule has 3 aromatic rings. The molecule has 1 fully saturated rings. The fraction of sp³-hybridized carbons (Fsp3) is 0.333. The number of hydrogen-bond donors (Lipinski definition) is 1. The fourth-order valence-corrected chi connectivity index (χ4v) is 3.31. The van der Waals surface area contributed by atoms with Gasteiger partial charge in [-0.15, -0.1) is 0 Å². The molecule has 0 bridgehead atoms. The highest BCUT2D eigenvalue weighted by atomic mass is 16.1. The van der Waals surface area contributed by atoms with Crippen molar-refractivity contribution in [3.05, 3.63) is 52.1 Å². The molecular weight excluding hydrogens is 330 g/mol. The Labute approximate surface area is 150 Å². The van der Waals surface area contributed by atoms with Crippen molar-refractivity contribution in [3.63, 3.8) is 0 Å². The summed E-state index contributed by atoms with van der Waals surface area (Å²) in [5.74, 6) is 1.08. The summed E-state index contributed by atoms with van der Waals surface area (Å²) >= 11 is 0. The Bertz CT molecular complexity index is 1040. The van der Waals surface area contributed by atoms with E-state index in [0.717, 1.165) is 42.3 Å². The zero-order valence-corrected chi connectivity index (χ0v) is 14.5. The van der Waals surface area contributed by atoms with E-state index in [0.29, 0.717) is 23.5 Å². The van der Waals surface area contributed by atoms with E-state index >= 15 is 0 Å². The third kappa shape index (κ3) is 2.72. The molecule has 132 valence electrons. The van der Waals surface area contributed by atoms with Crippen LogP contribution in [0.15, 0.2) is 35.1 Å². The average molecular weight is 349 g/mol. The highest BCUT2D eigenvalue weighted by molar-refractivity contribution is 5.74. The summed E-state index contributed by atoms with van der Waals surface area (Å²) in [6.45, 7) is 5.49. The molecule has 0 amide bonds. The second-order valence-corrected chi connectivity index (χ2v) is 6.29. The van der Waals surface area contributed by atoms with Crippen LogP contribution in [0.3, 0.4) is 0 Å². The van der Waals surface area contributed by atoms with Crippen LogP contribution in [0, 0.1) is 18.4 Å². The van der Waals surface area contributed by atoms with E-state index in [2.05, 4.69) is 20.2 Å². The lowest BCUT2D eigenvalue weighted by Gasteiger charge is -2.28. The zero-order valence-electron chi connectivity index (χ0n) is 14.5. The normalized spacial score (nSPS) is 14.5. The number of piperazine rings is 1. The van der Waals surface area contributed by atoms with E-state index in [-0.39, 0.29) is 5.56 Å². The van der Waals surface area contributed by atoms with Crippen molar-refractivity contribution in [1.82, 2.24) is 24.4 Å². The molecule has 26 heavy (non-hydrogen) atoms. The van der Waals surface area contributed by atoms with E-state index in [9.17, 15) is 10.1 Å². The number of imidazole rings is 1. The van der Waals surface area contributed by atoms with Gasteiger partial charge in [-0.2, -0.15) is 14.8 Å². The first-order valence-electron chi connectivity index (χ1n) is 8.58. The maximum atomic E-state index is 12.9. The van der Waals surface area contributed by atoms with Crippen LogP contribution < -0.4 is 15.8 Å². The monoisotopic (exact) mass is 349 g/mol. The van der Waals surface area contributed by atoms with Gasteiger partial charge in [0.05, 0.1) is 6.54 Å². The molecule has 0 saturated carbocycles. The number of benzene rings is 1. The van der Waals surface area contributed by atoms with Crippen molar-refractivity contribution in [1.29, 1.82) is 5.26 Å². The number of fused-ring (bicyclic) bond motifs is 1. The Morgan fingerprint density at radius 3 is 2.62 bits per heavy atom. The number of nitrogens with one attached hydrogen (secondary N) is 1. The average Bonchev–Trinajstić information content (AvgIpc) is 3.02. The van der Waals surface area contributed by atoms with Crippen LogP contribution in [0.2, 0.25) is 0 Å². The predicted octanol–water partition coefficient (Wildman–Crippen LogP) is 0.688. The van der Waals surface area contributed by atoms with Crippen molar-refractivity contribution < 1.29 is 0 Å². The Kier molecular flexibility index (Phi) is 4.14. The van der Waals surface area contributed by atoms with Gasteiger partial charge >= 0.3 is 0 Å². The maximum Gasteiger partial charge on any atom is 0.293 e. The first-order chi connectivity index (χ1) is 12.7. The van der Waals surface area contributed by atoms with Crippen molar-refractivity contribution >= 4 is 17.1 Å². The first kappa shape index (κ1) is 16.3. The minimum Gasteiger partial charge on any atom is -0.340 e. The van der Waals surface area contributed by atoms with Crippen LogP contribution in [0.25, 0.3) is 11.2 Å². The number of aromatic nitrogens is 4. The number of nitriles is 1. The van der Waals surface area contributed by atoms with Gasteiger partial charge in [0.2, 0.25) is 5.95 Å². The van der Waals surface area contributed by atoms with Gasteiger partial charge in [-0.1, -0.05) is 30.3 Å². The Hall–Kier alpha value is -3.18. The summed E-state index contributed by atoms with van der Waals surface area (Å²) in [5.41, 5.74) is 1.45. The topological polar surface area (TPSA) is 91.8 Å². The lowest BCUT2D eigenvalue weighted by atomic mass is 10.2. The molecule has 1 saturated heterocycles. The van der Waals surface area contributed by atoms with Crippen molar-refractivity contribution in [3.8, 4) is 6.19 Å². The molecule has 1 aromatic carbocycles. The number of rotatable bonds is 3. The molecule has 1 aliphatic rings. The summed E-state index contributed by atoms with van der Waals surface area (Å²) in [6.07, 6.45) is 1.91. The maximum absolute atomic E-state index is 12.9. The second-order valence-electron chi connectivity index (χ2n) is 6.29. The van der Waals surface area contributed by atoms with E-state index in [1.165, 1.54) is 0 Å². The molecule has 8 heteroatoms. The summed E-state index contributed by atoms with van der Waals surface area (Å²) < 4.78 is 2.91. The molecule has 3 heterocycles. The Morgan fingerprint density at radius 1 is 1.19 bits per heavy atom. The predicted molar refractivity (Wildman–Crippen MR) is 98.2 cm³/mol. The number of aryl methyl sites for hydroxylation is 1. The molecule has 1 aliphatic heterocycles. The molecule has 2 aromatic heterocycles. The molecule has 0 spiro atoms. The van der Waals surface area contributed by atoms with Crippen LogP contribution in [-0.2, 0) is 6.54 Å². The van der Waals surface area contributed by atoms with Crippen molar-refractivity contribution in [2.24, 2.45) is 0 Å². The van der Waals surface area contributed by atoms with Crippen LogP contribution in [0.5, 0.6) is 0 Å². The van der Waals surface area contributed by atoms with Crippen LogP contribution in [-0.4, -0.2) is 45.3 Å². The molecule has 8 nitrogen and oxygen atoms in total. The zero-order chi connectivity index (χ0) is 18.1. The van der Waals surface area contributed by atoms with Gasteiger partial charge in [0.15, 0.2) is 17.4 Å². The third-order valence-electron chi connectivity index (χ3n) is 4.61. The van der Waals surface area contributed by atoms with E-state index < -0.39 is 0 Å². The van der Waals surface area contributed by atoms with Crippen LogP contribution in [0.4, 0.5) is 5.95 Å². The number of anilines is 1. The molecule has 1 N–H and O–H groups in total. The highest BCUT2D eigenvalue weighted by Gasteiger charge is 2.23. The van der Waals surface area contributed by atoms with Crippen molar-refractivity contribution in [2.75, 3.05) is 31.1 Å². The van der Waals surface area contributed by atoms with Gasteiger partial charge in [-0.25, -0.2) is 4.98 Å². The summed E-state index contributed by atoms with van der Waals surface area (Å²) in [6, 6.07) is 9.92.